The first-order valence-electron chi connectivity index (χ1n) is 6.98. The Morgan fingerprint density at radius 3 is 2.50 bits per heavy atom. The number of likely N-dealkylation sites (N-methyl/N-ethyl adjacent to an activating group) is 1. The van der Waals surface area contributed by atoms with Crippen molar-refractivity contribution in [1.29, 1.82) is 0 Å². The first kappa shape index (κ1) is 17.1. The van der Waals surface area contributed by atoms with Gasteiger partial charge in [-0.3, -0.25) is 4.79 Å². The molecule has 1 rings (SSSR count). The molecule has 0 fully saturated rings. The highest BCUT2D eigenvalue weighted by Gasteiger charge is 2.31. The number of ether oxygens (including phenoxy) is 1. The number of hydrogen-bond donors (Lipinski definition) is 1. The van der Waals surface area contributed by atoms with Crippen LogP contribution in [0.15, 0.2) is 29.2 Å². The molecule has 0 radical (unpaired) electrons. The van der Waals surface area contributed by atoms with Gasteiger partial charge in [0.25, 0.3) is 0 Å². The number of carbonyl (C=O) groups is 1. The first-order chi connectivity index (χ1) is 9.51. The van der Waals surface area contributed by atoms with Gasteiger partial charge in [0.15, 0.2) is 0 Å². The van der Waals surface area contributed by atoms with Gasteiger partial charge in [-0.1, -0.05) is 24.1 Å². The lowest BCUT2D eigenvalue weighted by molar-refractivity contribution is -0.148. The van der Waals surface area contributed by atoms with E-state index in [9.17, 15) is 4.79 Å². The molecule has 0 saturated carbocycles. The summed E-state index contributed by atoms with van der Waals surface area (Å²) in [4.78, 5) is 13.0. The Morgan fingerprint density at radius 1 is 1.30 bits per heavy atom. The van der Waals surface area contributed by atoms with E-state index in [1.807, 2.05) is 18.7 Å². The molecule has 1 aromatic rings. The second kappa shape index (κ2) is 8.32. The summed E-state index contributed by atoms with van der Waals surface area (Å²) in [5.41, 5.74) is 0.723. The number of hydrogen-bond acceptors (Lipinski definition) is 4. The SMILES string of the molecule is CNC(C)(CCCCSc1ccc(C)cc1)C(=O)OC. The molecule has 0 heterocycles. The van der Waals surface area contributed by atoms with Gasteiger partial charge in [0, 0.05) is 4.90 Å². The van der Waals surface area contributed by atoms with Crippen molar-refractivity contribution in [3.8, 4) is 0 Å². The molecular formula is C16H25NO2S. The number of unbranched alkanes of at least 4 members (excludes halogenated alkanes) is 1. The monoisotopic (exact) mass is 295 g/mol. The summed E-state index contributed by atoms with van der Waals surface area (Å²) in [5.74, 6) is 0.885. The molecule has 0 aliphatic heterocycles. The minimum absolute atomic E-state index is 0.189. The number of nitrogens with one attached hydrogen (secondary N) is 1. The molecule has 0 aliphatic carbocycles. The summed E-state index contributed by atoms with van der Waals surface area (Å²) in [6.07, 6.45) is 2.89. The van der Waals surface area contributed by atoms with Crippen molar-refractivity contribution in [1.82, 2.24) is 5.32 Å². The fourth-order valence-corrected chi connectivity index (χ4v) is 2.87. The van der Waals surface area contributed by atoms with Crippen molar-refractivity contribution in [3.05, 3.63) is 29.8 Å². The molecule has 1 unspecified atom stereocenters. The lowest BCUT2D eigenvalue weighted by atomic mass is 9.95. The quantitative estimate of drug-likeness (QED) is 0.453. The van der Waals surface area contributed by atoms with E-state index in [-0.39, 0.29) is 5.97 Å². The van der Waals surface area contributed by atoms with Gasteiger partial charge in [0.05, 0.1) is 7.11 Å². The second-order valence-electron chi connectivity index (χ2n) is 5.19. The number of thioether (sulfide) groups is 1. The largest absolute Gasteiger partial charge is 0.468 e. The number of rotatable bonds is 8. The Bertz CT molecular complexity index is 419. The van der Waals surface area contributed by atoms with E-state index in [1.165, 1.54) is 17.6 Å². The molecular weight excluding hydrogens is 270 g/mol. The lowest BCUT2D eigenvalue weighted by Crippen LogP contribution is -2.48. The van der Waals surface area contributed by atoms with Gasteiger partial charge >= 0.3 is 5.97 Å². The fraction of sp³-hybridized carbons (Fsp3) is 0.562. The van der Waals surface area contributed by atoms with Gasteiger partial charge in [0.1, 0.15) is 5.54 Å². The number of aryl methyl sites for hydroxylation is 1. The van der Waals surface area contributed by atoms with E-state index in [2.05, 4.69) is 36.5 Å². The Morgan fingerprint density at radius 2 is 1.95 bits per heavy atom. The molecule has 20 heavy (non-hydrogen) atoms. The van der Waals surface area contributed by atoms with Crippen LogP contribution in [0.4, 0.5) is 0 Å². The van der Waals surface area contributed by atoms with Gasteiger partial charge in [-0.05, 0) is 51.6 Å². The minimum atomic E-state index is -0.566. The van der Waals surface area contributed by atoms with Gasteiger partial charge < -0.3 is 10.1 Å². The predicted octanol–water partition coefficient (Wildman–Crippen LogP) is 3.41. The molecule has 1 atom stereocenters. The molecule has 3 nitrogen and oxygen atoms in total. The van der Waals surface area contributed by atoms with Crippen molar-refractivity contribution in [2.75, 3.05) is 19.9 Å². The maximum absolute atomic E-state index is 11.7. The topological polar surface area (TPSA) is 38.3 Å². The van der Waals surface area contributed by atoms with E-state index in [0.29, 0.717) is 0 Å². The average molecular weight is 295 g/mol. The van der Waals surface area contributed by atoms with Crippen LogP contribution in [0.2, 0.25) is 0 Å². The van der Waals surface area contributed by atoms with E-state index < -0.39 is 5.54 Å². The van der Waals surface area contributed by atoms with Crippen molar-refractivity contribution < 1.29 is 9.53 Å². The van der Waals surface area contributed by atoms with E-state index >= 15 is 0 Å². The third kappa shape index (κ3) is 5.17. The van der Waals surface area contributed by atoms with Gasteiger partial charge in [-0.15, -0.1) is 11.8 Å². The first-order valence-corrected chi connectivity index (χ1v) is 7.97. The van der Waals surface area contributed by atoms with Crippen LogP contribution in [0.25, 0.3) is 0 Å². The normalized spacial score (nSPS) is 13.8. The summed E-state index contributed by atoms with van der Waals surface area (Å²) in [6, 6.07) is 8.59. The Labute approximate surface area is 126 Å². The van der Waals surface area contributed by atoms with Gasteiger partial charge in [-0.25, -0.2) is 0 Å². The zero-order valence-corrected chi connectivity index (χ0v) is 13.7. The highest BCUT2D eigenvalue weighted by Crippen LogP contribution is 2.21. The van der Waals surface area contributed by atoms with E-state index in [1.54, 1.807) is 7.05 Å². The smallest absolute Gasteiger partial charge is 0.325 e. The van der Waals surface area contributed by atoms with Crippen molar-refractivity contribution in [2.45, 2.75) is 43.5 Å². The third-order valence-electron chi connectivity index (χ3n) is 3.55. The molecule has 0 bridgehead atoms. The van der Waals surface area contributed by atoms with Crippen molar-refractivity contribution in [2.24, 2.45) is 0 Å². The lowest BCUT2D eigenvalue weighted by Gasteiger charge is -2.25. The van der Waals surface area contributed by atoms with Crippen LogP contribution in [-0.2, 0) is 9.53 Å². The van der Waals surface area contributed by atoms with Crippen LogP contribution in [0.5, 0.6) is 0 Å². The van der Waals surface area contributed by atoms with Gasteiger partial charge in [0.2, 0.25) is 0 Å². The van der Waals surface area contributed by atoms with Crippen LogP contribution < -0.4 is 5.32 Å². The van der Waals surface area contributed by atoms with Gasteiger partial charge in [-0.2, -0.15) is 0 Å². The maximum atomic E-state index is 11.7. The molecule has 0 aliphatic rings. The van der Waals surface area contributed by atoms with E-state index in [4.69, 9.17) is 4.74 Å². The summed E-state index contributed by atoms with van der Waals surface area (Å²) in [7, 11) is 3.24. The second-order valence-corrected chi connectivity index (χ2v) is 6.36. The molecule has 0 amide bonds. The standard InChI is InChI=1S/C16H25NO2S/c1-13-7-9-14(10-8-13)20-12-6-5-11-16(2,17-3)15(18)19-4/h7-10,17H,5-6,11-12H2,1-4H3. The zero-order chi connectivity index (χ0) is 15.0. The molecule has 0 aromatic heterocycles. The Balaban J connectivity index is 2.27. The Kier molecular flexibility index (Phi) is 7.10. The molecule has 0 saturated heterocycles. The van der Waals surface area contributed by atoms with Crippen molar-refractivity contribution >= 4 is 17.7 Å². The van der Waals surface area contributed by atoms with Crippen LogP contribution in [0.3, 0.4) is 0 Å². The zero-order valence-electron chi connectivity index (χ0n) is 12.9. The highest BCUT2D eigenvalue weighted by molar-refractivity contribution is 7.99. The summed E-state index contributed by atoms with van der Waals surface area (Å²) < 4.78 is 4.84. The van der Waals surface area contributed by atoms with Crippen LogP contribution >= 0.6 is 11.8 Å². The average Bonchev–Trinajstić information content (AvgIpc) is 2.47. The Hall–Kier alpha value is -1.00. The summed E-state index contributed by atoms with van der Waals surface area (Å²) in [5, 5.41) is 3.06. The third-order valence-corrected chi connectivity index (χ3v) is 4.65. The molecule has 0 spiro atoms. The minimum Gasteiger partial charge on any atom is -0.468 e. The number of methoxy groups -OCH3 is 1. The van der Waals surface area contributed by atoms with E-state index in [0.717, 1.165) is 25.0 Å². The molecule has 1 aromatic carbocycles. The molecule has 112 valence electrons. The number of esters is 1. The number of carbonyl (C=O) groups excluding carboxylic acids is 1. The molecule has 1 N–H and O–H groups in total. The van der Waals surface area contributed by atoms with Crippen LogP contribution in [0.1, 0.15) is 31.7 Å². The van der Waals surface area contributed by atoms with Crippen LogP contribution in [0, 0.1) is 6.92 Å². The summed E-state index contributed by atoms with van der Waals surface area (Å²) in [6.45, 7) is 3.99. The van der Waals surface area contributed by atoms with Crippen molar-refractivity contribution in [3.63, 3.8) is 0 Å². The summed E-state index contributed by atoms with van der Waals surface area (Å²) >= 11 is 1.86. The predicted molar refractivity (Wildman–Crippen MR) is 85.2 cm³/mol. The molecule has 4 heteroatoms. The highest BCUT2D eigenvalue weighted by atomic mass is 32.2. The number of benzene rings is 1. The fourth-order valence-electron chi connectivity index (χ4n) is 1.96. The van der Waals surface area contributed by atoms with Crippen LogP contribution in [-0.4, -0.2) is 31.4 Å². The maximum Gasteiger partial charge on any atom is 0.325 e.